The largest absolute Gasteiger partial charge is 0.463 e. The van der Waals surface area contributed by atoms with Gasteiger partial charge in [0.25, 0.3) is 0 Å². The van der Waals surface area contributed by atoms with Crippen LogP contribution in [-0.4, -0.2) is 12.6 Å². The van der Waals surface area contributed by atoms with E-state index in [1.54, 1.807) is 6.08 Å². The van der Waals surface area contributed by atoms with Crippen molar-refractivity contribution in [2.45, 2.75) is 32.1 Å². The van der Waals surface area contributed by atoms with Gasteiger partial charge in [-0.1, -0.05) is 33.6 Å². The average Bonchev–Trinajstić information content (AvgIpc) is 2.78. The molecule has 1 aliphatic rings. The summed E-state index contributed by atoms with van der Waals surface area (Å²) in [5.74, 6) is 0.336. The summed E-state index contributed by atoms with van der Waals surface area (Å²) >= 11 is 3.44. The molecule has 0 saturated heterocycles. The van der Waals surface area contributed by atoms with E-state index in [2.05, 4.69) is 40.2 Å². The van der Waals surface area contributed by atoms with Gasteiger partial charge in [0, 0.05) is 10.5 Å². The normalized spacial score (nSPS) is 21.2. The molecule has 0 spiro atoms. The average molecular weight is 309 g/mol. The lowest BCUT2D eigenvalue weighted by Gasteiger charge is -2.08. The summed E-state index contributed by atoms with van der Waals surface area (Å²) in [6.07, 6.45) is 4.76. The van der Waals surface area contributed by atoms with Gasteiger partial charge in [-0.3, -0.25) is 0 Å². The van der Waals surface area contributed by atoms with E-state index in [-0.39, 0.29) is 5.97 Å². The van der Waals surface area contributed by atoms with Crippen LogP contribution in [0.5, 0.6) is 0 Å². The molecule has 1 saturated carbocycles. The minimum absolute atomic E-state index is 0.205. The zero-order valence-corrected chi connectivity index (χ0v) is 12.1. The number of allylic oxidation sites excluding steroid dienone is 1. The molecule has 0 bridgehead atoms. The van der Waals surface area contributed by atoms with Crippen molar-refractivity contribution in [3.8, 4) is 0 Å². The molecule has 1 aliphatic carbocycles. The van der Waals surface area contributed by atoms with Gasteiger partial charge in [-0.2, -0.15) is 0 Å². The van der Waals surface area contributed by atoms with Crippen molar-refractivity contribution in [1.82, 2.24) is 0 Å². The van der Waals surface area contributed by atoms with Crippen LogP contribution in [-0.2, 0) is 9.53 Å². The summed E-state index contributed by atoms with van der Waals surface area (Å²) in [7, 11) is 0. The van der Waals surface area contributed by atoms with E-state index < -0.39 is 0 Å². The van der Waals surface area contributed by atoms with E-state index in [0.717, 1.165) is 23.7 Å². The lowest BCUT2D eigenvalue weighted by Crippen LogP contribution is -2.00. The highest BCUT2D eigenvalue weighted by Crippen LogP contribution is 2.38. The van der Waals surface area contributed by atoms with Gasteiger partial charge in [0.2, 0.25) is 0 Å². The van der Waals surface area contributed by atoms with Gasteiger partial charge in [-0.15, -0.1) is 0 Å². The number of esters is 1. The van der Waals surface area contributed by atoms with Gasteiger partial charge < -0.3 is 4.74 Å². The Bertz CT molecular complexity index is 448. The Labute approximate surface area is 116 Å². The lowest BCUT2D eigenvalue weighted by atomic mass is 9.97. The number of benzene rings is 1. The predicted molar refractivity (Wildman–Crippen MR) is 75.5 cm³/mol. The number of ether oxygens (including phenoxy) is 1. The van der Waals surface area contributed by atoms with Gasteiger partial charge in [0.05, 0.1) is 6.61 Å². The first-order chi connectivity index (χ1) is 8.69. The summed E-state index contributed by atoms with van der Waals surface area (Å²) in [6.45, 7) is 2.27. The first-order valence-electron chi connectivity index (χ1n) is 6.30. The molecule has 0 unspecified atom stereocenters. The molecule has 1 aromatic rings. The van der Waals surface area contributed by atoms with Crippen molar-refractivity contribution in [1.29, 1.82) is 0 Å². The third kappa shape index (κ3) is 3.45. The minimum atomic E-state index is -0.205. The van der Waals surface area contributed by atoms with Crippen LogP contribution in [0.1, 0.15) is 37.7 Å². The van der Waals surface area contributed by atoms with Crippen molar-refractivity contribution in [3.05, 3.63) is 46.0 Å². The standard InChI is InChI=1S/C15H17BrO2/c1-2-18-15(17)10-11-3-4-13(9-11)12-5-7-14(16)8-6-12/h5-8,10,13H,2-4,9H2,1H3/t13-/m0/s1. The summed E-state index contributed by atoms with van der Waals surface area (Å²) < 4.78 is 6.04. The molecule has 3 heteroatoms. The highest BCUT2D eigenvalue weighted by atomic mass is 79.9. The summed E-state index contributed by atoms with van der Waals surface area (Å²) in [5.41, 5.74) is 2.56. The molecule has 96 valence electrons. The van der Waals surface area contributed by atoms with Crippen LogP contribution in [0.15, 0.2) is 40.4 Å². The number of carbonyl (C=O) groups is 1. The maximum Gasteiger partial charge on any atom is 0.330 e. The SMILES string of the molecule is CCOC(=O)C=C1CC[C@H](c2ccc(Br)cc2)C1. The van der Waals surface area contributed by atoms with Crippen LogP contribution in [0.25, 0.3) is 0 Å². The number of hydrogen-bond donors (Lipinski definition) is 0. The van der Waals surface area contributed by atoms with Crippen LogP contribution < -0.4 is 0 Å². The van der Waals surface area contributed by atoms with Crippen LogP contribution in [0.2, 0.25) is 0 Å². The second-order valence-electron chi connectivity index (χ2n) is 4.55. The lowest BCUT2D eigenvalue weighted by molar-refractivity contribution is -0.137. The smallest absolute Gasteiger partial charge is 0.330 e. The van der Waals surface area contributed by atoms with Gasteiger partial charge in [-0.25, -0.2) is 4.79 Å². The third-order valence-corrected chi connectivity index (χ3v) is 3.80. The van der Waals surface area contributed by atoms with Crippen LogP contribution >= 0.6 is 15.9 Å². The molecule has 0 aromatic heterocycles. The first kappa shape index (κ1) is 13.3. The van der Waals surface area contributed by atoms with Crippen molar-refractivity contribution in [3.63, 3.8) is 0 Å². The van der Waals surface area contributed by atoms with Gasteiger partial charge in [0.15, 0.2) is 0 Å². The Kier molecular flexibility index (Phi) is 4.59. The highest BCUT2D eigenvalue weighted by molar-refractivity contribution is 9.10. The number of rotatable bonds is 3. The second kappa shape index (κ2) is 6.19. The van der Waals surface area contributed by atoms with E-state index in [0.29, 0.717) is 12.5 Å². The number of hydrogen-bond acceptors (Lipinski definition) is 2. The molecular weight excluding hydrogens is 292 g/mol. The molecule has 2 nitrogen and oxygen atoms in total. The molecule has 1 aromatic carbocycles. The van der Waals surface area contributed by atoms with Crippen molar-refractivity contribution in [2.75, 3.05) is 6.61 Å². The van der Waals surface area contributed by atoms with Crippen LogP contribution in [0, 0.1) is 0 Å². The van der Waals surface area contributed by atoms with Gasteiger partial charge in [0.1, 0.15) is 0 Å². The fraction of sp³-hybridized carbons (Fsp3) is 0.400. The number of carbonyl (C=O) groups excluding carboxylic acids is 1. The number of halogens is 1. The monoisotopic (exact) mass is 308 g/mol. The minimum Gasteiger partial charge on any atom is -0.463 e. The molecule has 0 N–H and O–H groups in total. The van der Waals surface area contributed by atoms with Crippen molar-refractivity contribution in [2.24, 2.45) is 0 Å². The Morgan fingerprint density at radius 2 is 2.17 bits per heavy atom. The molecule has 0 aliphatic heterocycles. The molecular formula is C15H17BrO2. The molecule has 0 amide bonds. The van der Waals surface area contributed by atoms with E-state index in [4.69, 9.17) is 4.74 Å². The van der Waals surface area contributed by atoms with E-state index in [9.17, 15) is 4.79 Å². The predicted octanol–water partition coefficient (Wildman–Crippen LogP) is 4.21. The topological polar surface area (TPSA) is 26.3 Å². The third-order valence-electron chi connectivity index (χ3n) is 3.27. The van der Waals surface area contributed by atoms with Crippen LogP contribution in [0.4, 0.5) is 0 Å². The molecule has 1 fully saturated rings. The Hall–Kier alpha value is -1.09. The van der Waals surface area contributed by atoms with Crippen molar-refractivity contribution < 1.29 is 9.53 Å². The Morgan fingerprint density at radius 3 is 2.83 bits per heavy atom. The maximum absolute atomic E-state index is 11.4. The Balaban J connectivity index is 2.00. The first-order valence-corrected chi connectivity index (χ1v) is 7.10. The van der Waals surface area contributed by atoms with Gasteiger partial charge >= 0.3 is 5.97 Å². The summed E-state index contributed by atoms with van der Waals surface area (Å²) in [6, 6.07) is 8.45. The van der Waals surface area contributed by atoms with Gasteiger partial charge in [-0.05, 0) is 49.8 Å². The fourth-order valence-corrected chi connectivity index (χ4v) is 2.65. The molecule has 0 heterocycles. The molecule has 2 rings (SSSR count). The highest BCUT2D eigenvalue weighted by Gasteiger charge is 2.21. The molecule has 1 atom stereocenters. The zero-order chi connectivity index (χ0) is 13.0. The molecule has 0 radical (unpaired) electrons. The maximum atomic E-state index is 11.4. The van der Waals surface area contributed by atoms with Crippen molar-refractivity contribution >= 4 is 21.9 Å². The Morgan fingerprint density at radius 1 is 1.44 bits per heavy atom. The summed E-state index contributed by atoms with van der Waals surface area (Å²) in [5, 5.41) is 0. The van der Waals surface area contributed by atoms with E-state index in [1.807, 2.05) is 6.92 Å². The van der Waals surface area contributed by atoms with Crippen LogP contribution in [0.3, 0.4) is 0 Å². The quantitative estimate of drug-likeness (QED) is 0.618. The fourth-order valence-electron chi connectivity index (χ4n) is 2.38. The molecule has 18 heavy (non-hydrogen) atoms. The van der Waals surface area contributed by atoms with E-state index in [1.165, 1.54) is 11.1 Å². The van der Waals surface area contributed by atoms with E-state index >= 15 is 0 Å². The summed E-state index contributed by atoms with van der Waals surface area (Å²) in [4.78, 5) is 11.4. The zero-order valence-electron chi connectivity index (χ0n) is 10.5. The second-order valence-corrected chi connectivity index (χ2v) is 5.46.